The Kier molecular flexibility index (Phi) is 7.10. The number of unbranched alkanes of at least 4 members (excludes halogenated alkanes) is 1. The molecule has 0 spiro atoms. The van der Waals surface area contributed by atoms with Gasteiger partial charge in [0.05, 0.1) is 0 Å². The summed E-state index contributed by atoms with van der Waals surface area (Å²) in [5, 5.41) is 0. The van der Waals surface area contributed by atoms with Crippen LogP contribution in [0.25, 0.3) is 0 Å². The molecular weight excluding hydrogens is 310 g/mol. The second-order valence-electron chi connectivity index (χ2n) is 4.71. The third-order valence-electron chi connectivity index (χ3n) is 3.37. The lowest BCUT2D eigenvalue weighted by atomic mass is 10.1. The van der Waals surface area contributed by atoms with E-state index in [4.69, 9.17) is 11.6 Å². The van der Waals surface area contributed by atoms with E-state index in [1.807, 2.05) is 0 Å². The molecule has 0 amide bonds. The fourth-order valence-electron chi connectivity index (χ4n) is 2.07. The van der Waals surface area contributed by atoms with Gasteiger partial charge in [0.1, 0.15) is 0 Å². The second-order valence-corrected chi connectivity index (χ2v) is 5.89. The molecule has 0 aliphatic heterocycles. The molecule has 0 N–H and O–H groups in total. The highest BCUT2D eigenvalue weighted by molar-refractivity contribution is 9.10. The smallest absolute Gasteiger partial charge is 0.0494 e. The van der Waals surface area contributed by atoms with Crippen LogP contribution in [0.1, 0.15) is 45.6 Å². The highest BCUT2D eigenvalue weighted by Gasteiger charge is 2.15. The third-order valence-corrected chi connectivity index (χ3v) is 4.15. The first-order chi connectivity index (χ1) is 8.63. The van der Waals surface area contributed by atoms with E-state index in [0.717, 1.165) is 17.4 Å². The largest absolute Gasteiger partial charge is 0.369 e. The van der Waals surface area contributed by atoms with E-state index >= 15 is 0 Å². The fraction of sp³-hybridized carbons (Fsp3) is 0.600. The number of hydrogen-bond donors (Lipinski definition) is 0. The van der Waals surface area contributed by atoms with E-state index < -0.39 is 0 Å². The molecule has 1 atom stereocenters. The first kappa shape index (κ1) is 15.8. The van der Waals surface area contributed by atoms with Gasteiger partial charge in [-0.1, -0.05) is 36.2 Å². The number of anilines is 1. The van der Waals surface area contributed by atoms with E-state index in [-0.39, 0.29) is 0 Å². The fourth-order valence-corrected chi connectivity index (χ4v) is 2.69. The molecule has 0 saturated heterocycles. The Hall–Kier alpha value is -0.210. The van der Waals surface area contributed by atoms with Crippen molar-refractivity contribution in [2.75, 3.05) is 11.4 Å². The molecule has 18 heavy (non-hydrogen) atoms. The Bertz CT molecular complexity index is 368. The van der Waals surface area contributed by atoms with Crippen molar-refractivity contribution < 1.29 is 0 Å². The maximum atomic E-state index is 6.08. The molecular formula is C15H23BrClN. The Labute approximate surface area is 125 Å². The SMILES string of the molecule is CCCCN(c1ccc(Br)cc1CCl)C(C)CC. The Morgan fingerprint density at radius 2 is 2.06 bits per heavy atom. The van der Waals surface area contributed by atoms with Gasteiger partial charge in [-0.15, -0.1) is 11.6 Å². The normalized spacial score (nSPS) is 12.5. The van der Waals surface area contributed by atoms with Gasteiger partial charge in [0.2, 0.25) is 0 Å². The van der Waals surface area contributed by atoms with Gasteiger partial charge in [-0.25, -0.2) is 0 Å². The van der Waals surface area contributed by atoms with Crippen LogP contribution in [0.15, 0.2) is 22.7 Å². The van der Waals surface area contributed by atoms with Crippen LogP contribution in [0.5, 0.6) is 0 Å². The van der Waals surface area contributed by atoms with E-state index in [1.165, 1.54) is 24.1 Å². The third kappa shape index (κ3) is 4.17. The number of rotatable bonds is 7. The summed E-state index contributed by atoms with van der Waals surface area (Å²) < 4.78 is 1.10. The average Bonchev–Trinajstić information content (AvgIpc) is 2.39. The summed E-state index contributed by atoms with van der Waals surface area (Å²) in [6.07, 6.45) is 3.60. The molecule has 1 aromatic rings. The van der Waals surface area contributed by atoms with E-state index in [0.29, 0.717) is 11.9 Å². The standard InChI is InChI=1S/C15H23BrClN/c1-4-6-9-18(12(3)5-2)15-8-7-14(16)10-13(15)11-17/h7-8,10,12H,4-6,9,11H2,1-3H3. The van der Waals surface area contributed by atoms with E-state index in [2.05, 4.69) is 59.8 Å². The van der Waals surface area contributed by atoms with Crippen molar-refractivity contribution in [3.05, 3.63) is 28.2 Å². The molecule has 1 nitrogen and oxygen atoms in total. The van der Waals surface area contributed by atoms with Gasteiger partial charge in [-0.05, 0) is 43.5 Å². The minimum Gasteiger partial charge on any atom is -0.369 e. The summed E-state index contributed by atoms with van der Waals surface area (Å²) in [4.78, 5) is 2.49. The molecule has 0 fully saturated rings. The predicted octanol–water partition coefficient (Wildman–Crippen LogP) is 5.59. The number of alkyl halides is 1. The van der Waals surface area contributed by atoms with E-state index in [9.17, 15) is 0 Å². The summed E-state index contributed by atoms with van der Waals surface area (Å²) >= 11 is 9.60. The van der Waals surface area contributed by atoms with Crippen LogP contribution in [0, 0.1) is 0 Å². The Morgan fingerprint density at radius 3 is 2.61 bits per heavy atom. The number of halogens is 2. The van der Waals surface area contributed by atoms with Gasteiger partial charge < -0.3 is 4.90 Å². The molecule has 3 heteroatoms. The van der Waals surface area contributed by atoms with Gasteiger partial charge in [0.25, 0.3) is 0 Å². The van der Waals surface area contributed by atoms with Crippen LogP contribution < -0.4 is 4.90 Å². The Balaban J connectivity index is 3.03. The number of benzene rings is 1. The second kappa shape index (κ2) is 8.06. The van der Waals surface area contributed by atoms with Gasteiger partial charge >= 0.3 is 0 Å². The van der Waals surface area contributed by atoms with Crippen LogP contribution >= 0.6 is 27.5 Å². The molecule has 0 aliphatic rings. The van der Waals surface area contributed by atoms with Crippen molar-refractivity contribution in [3.8, 4) is 0 Å². The maximum Gasteiger partial charge on any atom is 0.0494 e. The van der Waals surface area contributed by atoms with E-state index in [1.54, 1.807) is 0 Å². The van der Waals surface area contributed by atoms with Crippen LogP contribution in [-0.2, 0) is 5.88 Å². The van der Waals surface area contributed by atoms with Crippen molar-refractivity contribution in [3.63, 3.8) is 0 Å². The van der Waals surface area contributed by atoms with Crippen molar-refractivity contribution in [2.45, 2.75) is 52.0 Å². The summed E-state index contributed by atoms with van der Waals surface area (Å²) in [6.45, 7) is 7.87. The zero-order valence-electron chi connectivity index (χ0n) is 11.5. The van der Waals surface area contributed by atoms with Crippen molar-refractivity contribution in [1.29, 1.82) is 0 Å². The quantitative estimate of drug-likeness (QED) is 0.588. The number of nitrogens with zero attached hydrogens (tertiary/aromatic N) is 1. The minimum absolute atomic E-state index is 0.555. The van der Waals surface area contributed by atoms with Crippen molar-refractivity contribution in [1.82, 2.24) is 0 Å². The predicted molar refractivity (Wildman–Crippen MR) is 85.7 cm³/mol. The Morgan fingerprint density at radius 1 is 1.33 bits per heavy atom. The molecule has 0 aromatic heterocycles. The summed E-state index contributed by atoms with van der Waals surface area (Å²) in [5.41, 5.74) is 2.50. The van der Waals surface area contributed by atoms with Crippen molar-refractivity contribution in [2.24, 2.45) is 0 Å². The molecule has 0 aliphatic carbocycles. The lowest BCUT2D eigenvalue weighted by molar-refractivity contribution is 0.594. The van der Waals surface area contributed by atoms with Gasteiger partial charge in [-0.3, -0.25) is 0 Å². The molecule has 0 bridgehead atoms. The average molecular weight is 333 g/mol. The monoisotopic (exact) mass is 331 g/mol. The van der Waals surface area contributed by atoms with Gasteiger partial charge in [0.15, 0.2) is 0 Å². The highest BCUT2D eigenvalue weighted by Crippen LogP contribution is 2.28. The van der Waals surface area contributed by atoms with Crippen molar-refractivity contribution >= 4 is 33.2 Å². The maximum absolute atomic E-state index is 6.08. The van der Waals surface area contributed by atoms with Gasteiger partial charge in [-0.2, -0.15) is 0 Å². The topological polar surface area (TPSA) is 3.24 Å². The molecule has 1 aromatic carbocycles. The zero-order valence-corrected chi connectivity index (χ0v) is 13.9. The number of hydrogen-bond acceptors (Lipinski definition) is 1. The lowest BCUT2D eigenvalue weighted by Crippen LogP contribution is -2.34. The first-order valence-corrected chi connectivity index (χ1v) is 8.07. The van der Waals surface area contributed by atoms with Crippen LogP contribution in [-0.4, -0.2) is 12.6 Å². The zero-order chi connectivity index (χ0) is 13.5. The molecule has 0 heterocycles. The van der Waals surface area contributed by atoms with Crippen LogP contribution in [0.2, 0.25) is 0 Å². The summed E-state index contributed by atoms with van der Waals surface area (Å²) in [5.74, 6) is 0.563. The molecule has 102 valence electrons. The summed E-state index contributed by atoms with van der Waals surface area (Å²) in [7, 11) is 0. The first-order valence-electron chi connectivity index (χ1n) is 6.75. The van der Waals surface area contributed by atoms with Crippen LogP contribution in [0.4, 0.5) is 5.69 Å². The molecule has 0 saturated carbocycles. The molecule has 1 rings (SSSR count). The minimum atomic E-state index is 0.555. The molecule has 1 unspecified atom stereocenters. The highest BCUT2D eigenvalue weighted by atomic mass is 79.9. The summed E-state index contributed by atoms with van der Waals surface area (Å²) in [6, 6.07) is 6.97. The van der Waals surface area contributed by atoms with Crippen LogP contribution in [0.3, 0.4) is 0 Å². The van der Waals surface area contributed by atoms with Gasteiger partial charge in [0, 0.05) is 28.6 Å². The molecule has 0 radical (unpaired) electrons. The lowest BCUT2D eigenvalue weighted by Gasteiger charge is -2.32.